The number of carbonyl (C=O) groups is 3. The third-order valence-electron chi connectivity index (χ3n) is 5.38. The number of aromatic hydroxyl groups is 1. The summed E-state index contributed by atoms with van der Waals surface area (Å²) in [6.45, 7) is 5.59. The molecule has 2 aliphatic rings. The number of benzene rings is 1. The fourth-order valence-corrected chi connectivity index (χ4v) is 3.81. The first-order valence-corrected chi connectivity index (χ1v) is 9.53. The van der Waals surface area contributed by atoms with Crippen molar-refractivity contribution < 1.29 is 19.5 Å². The first-order valence-electron chi connectivity index (χ1n) is 9.53. The van der Waals surface area contributed by atoms with Gasteiger partial charge in [-0.25, -0.2) is 0 Å². The van der Waals surface area contributed by atoms with Gasteiger partial charge < -0.3 is 20.2 Å². The molecule has 2 N–H and O–H groups in total. The Morgan fingerprint density at radius 2 is 1.93 bits per heavy atom. The summed E-state index contributed by atoms with van der Waals surface area (Å²) >= 11 is 0. The van der Waals surface area contributed by atoms with Crippen LogP contribution < -0.4 is 5.32 Å². The number of carbonyl (C=O) groups excluding carboxylic acids is 3. The van der Waals surface area contributed by atoms with Crippen molar-refractivity contribution in [3.05, 3.63) is 29.8 Å². The van der Waals surface area contributed by atoms with Gasteiger partial charge in [-0.2, -0.15) is 0 Å². The van der Waals surface area contributed by atoms with Crippen LogP contribution in [0.3, 0.4) is 0 Å². The number of hydrogen-bond acceptors (Lipinski definition) is 4. The fraction of sp³-hybridized carbons (Fsp3) is 0.550. The van der Waals surface area contributed by atoms with Crippen LogP contribution in [-0.4, -0.2) is 64.3 Å². The molecule has 7 nitrogen and oxygen atoms in total. The lowest BCUT2D eigenvalue weighted by atomic mass is 10.0. The second-order valence-electron chi connectivity index (χ2n) is 7.66. The highest BCUT2D eigenvalue weighted by atomic mass is 16.3. The summed E-state index contributed by atoms with van der Waals surface area (Å²) in [5.41, 5.74) is 0.423. The zero-order valence-electron chi connectivity index (χ0n) is 15.9. The Hall–Kier alpha value is -2.57. The second kappa shape index (κ2) is 7.98. The van der Waals surface area contributed by atoms with E-state index in [1.807, 2.05) is 18.7 Å². The van der Waals surface area contributed by atoms with Gasteiger partial charge in [0.15, 0.2) is 0 Å². The van der Waals surface area contributed by atoms with E-state index >= 15 is 0 Å². The smallest absolute Gasteiger partial charge is 0.251 e. The molecule has 1 atom stereocenters. The maximum absolute atomic E-state index is 12.7. The Balaban J connectivity index is 1.49. The number of rotatable bonds is 4. The van der Waals surface area contributed by atoms with Crippen LogP contribution in [-0.2, 0) is 9.59 Å². The number of phenolic OH excluding ortho intramolecular Hbond substituents is 1. The van der Waals surface area contributed by atoms with Crippen molar-refractivity contribution >= 4 is 17.7 Å². The second-order valence-corrected chi connectivity index (χ2v) is 7.66. The van der Waals surface area contributed by atoms with E-state index in [0.29, 0.717) is 44.5 Å². The van der Waals surface area contributed by atoms with Gasteiger partial charge in [0.05, 0.1) is 5.92 Å². The largest absolute Gasteiger partial charge is 0.508 e. The number of nitrogens with zero attached hydrogens (tertiary/aromatic N) is 2. The summed E-state index contributed by atoms with van der Waals surface area (Å²) in [4.78, 5) is 40.6. The molecule has 0 aromatic heterocycles. The van der Waals surface area contributed by atoms with Crippen molar-refractivity contribution in [1.82, 2.24) is 15.1 Å². The van der Waals surface area contributed by atoms with E-state index in [2.05, 4.69) is 5.32 Å². The molecule has 0 spiro atoms. The minimum atomic E-state index is -0.252. The zero-order chi connectivity index (χ0) is 19.6. The van der Waals surface area contributed by atoms with E-state index in [0.717, 1.165) is 0 Å². The topological polar surface area (TPSA) is 90.0 Å². The van der Waals surface area contributed by atoms with E-state index in [9.17, 15) is 19.5 Å². The van der Waals surface area contributed by atoms with Crippen LogP contribution in [0.25, 0.3) is 0 Å². The number of amides is 3. The van der Waals surface area contributed by atoms with Gasteiger partial charge >= 0.3 is 0 Å². The Morgan fingerprint density at radius 1 is 1.22 bits per heavy atom. The third kappa shape index (κ3) is 4.40. The first kappa shape index (κ1) is 19.2. The molecule has 0 aliphatic carbocycles. The van der Waals surface area contributed by atoms with Gasteiger partial charge in [-0.3, -0.25) is 14.4 Å². The predicted octanol–water partition coefficient (Wildman–Crippen LogP) is 1.37. The number of likely N-dealkylation sites (tertiary alicyclic amines) is 2. The molecule has 27 heavy (non-hydrogen) atoms. The molecule has 7 heteroatoms. The maximum atomic E-state index is 12.7. The lowest BCUT2D eigenvalue weighted by molar-refractivity contribution is -0.136. The van der Waals surface area contributed by atoms with Crippen LogP contribution in [0, 0.1) is 5.92 Å². The highest BCUT2D eigenvalue weighted by Crippen LogP contribution is 2.24. The number of phenols is 1. The Kier molecular flexibility index (Phi) is 5.68. The number of nitrogens with one attached hydrogen (secondary N) is 1. The van der Waals surface area contributed by atoms with Gasteiger partial charge in [0.1, 0.15) is 5.75 Å². The van der Waals surface area contributed by atoms with Gasteiger partial charge in [-0.15, -0.1) is 0 Å². The predicted molar refractivity (Wildman–Crippen MR) is 100 cm³/mol. The van der Waals surface area contributed by atoms with Gasteiger partial charge in [-0.1, -0.05) is 6.07 Å². The van der Waals surface area contributed by atoms with Crippen molar-refractivity contribution in [2.45, 2.75) is 45.2 Å². The van der Waals surface area contributed by atoms with Crippen molar-refractivity contribution in [3.63, 3.8) is 0 Å². The molecule has 2 heterocycles. The molecule has 1 aromatic carbocycles. The van der Waals surface area contributed by atoms with Crippen LogP contribution in [0.2, 0.25) is 0 Å². The molecule has 3 rings (SSSR count). The van der Waals surface area contributed by atoms with Crippen LogP contribution >= 0.6 is 0 Å². The van der Waals surface area contributed by atoms with Crippen molar-refractivity contribution in [3.8, 4) is 5.75 Å². The van der Waals surface area contributed by atoms with Gasteiger partial charge in [0.2, 0.25) is 11.8 Å². The fourth-order valence-electron chi connectivity index (χ4n) is 3.81. The minimum Gasteiger partial charge on any atom is -0.508 e. The minimum absolute atomic E-state index is 0.00118. The molecular formula is C20H27N3O4. The monoisotopic (exact) mass is 373 g/mol. The molecule has 2 aliphatic heterocycles. The zero-order valence-corrected chi connectivity index (χ0v) is 15.9. The lowest BCUT2D eigenvalue weighted by Crippen LogP contribution is -2.48. The summed E-state index contributed by atoms with van der Waals surface area (Å²) < 4.78 is 0. The number of piperidine rings is 1. The standard InChI is InChI=1S/C20H27N3O4/c1-13(2)23-12-15(11-18(23)25)20(27)22-8-6-16(7-9-22)21-19(26)14-4-3-5-17(24)10-14/h3-5,10,13,15-16,24H,6-9,11-12H2,1-2H3,(H,21,26). The molecule has 1 aromatic rings. The Labute approximate surface area is 159 Å². The van der Waals surface area contributed by atoms with Crippen molar-refractivity contribution in [2.75, 3.05) is 19.6 Å². The molecule has 0 saturated carbocycles. The molecule has 2 saturated heterocycles. The van der Waals surface area contributed by atoms with Crippen LogP contribution in [0.15, 0.2) is 24.3 Å². The molecule has 3 amide bonds. The summed E-state index contributed by atoms with van der Waals surface area (Å²) in [6.07, 6.45) is 1.67. The average Bonchev–Trinajstić information content (AvgIpc) is 3.04. The molecular weight excluding hydrogens is 346 g/mol. The molecule has 2 fully saturated rings. The van der Waals surface area contributed by atoms with E-state index < -0.39 is 0 Å². The van der Waals surface area contributed by atoms with E-state index in [1.54, 1.807) is 17.0 Å². The summed E-state index contributed by atoms with van der Waals surface area (Å²) in [7, 11) is 0. The van der Waals surface area contributed by atoms with Crippen LogP contribution in [0.1, 0.15) is 43.5 Å². The van der Waals surface area contributed by atoms with Crippen LogP contribution in [0.4, 0.5) is 0 Å². The SMILES string of the molecule is CC(C)N1CC(C(=O)N2CCC(NC(=O)c3cccc(O)c3)CC2)CC1=O. The molecule has 146 valence electrons. The third-order valence-corrected chi connectivity index (χ3v) is 5.38. The van der Waals surface area contributed by atoms with Gasteiger partial charge in [0, 0.05) is 43.7 Å². The van der Waals surface area contributed by atoms with E-state index in [4.69, 9.17) is 0 Å². The quantitative estimate of drug-likeness (QED) is 0.834. The summed E-state index contributed by atoms with van der Waals surface area (Å²) in [5.74, 6) is -0.312. The van der Waals surface area contributed by atoms with Crippen LogP contribution in [0.5, 0.6) is 5.75 Å². The van der Waals surface area contributed by atoms with Crippen molar-refractivity contribution in [1.29, 1.82) is 0 Å². The Morgan fingerprint density at radius 3 is 2.52 bits per heavy atom. The van der Waals surface area contributed by atoms with Crippen molar-refractivity contribution in [2.24, 2.45) is 5.92 Å². The van der Waals surface area contributed by atoms with E-state index in [-0.39, 0.29) is 41.5 Å². The molecule has 1 unspecified atom stereocenters. The summed E-state index contributed by atoms with van der Waals surface area (Å²) in [6, 6.07) is 6.37. The maximum Gasteiger partial charge on any atom is 0.251 e. The molecule has 0 bridgehead atoms. The van der Waals surface area contributed by atoms with Gasteiger partial charge in [0.25, 0.3) is 5.91 Å². The lowest BCUT2D eigenvalue weighted by Gasteiger charge is -2.34. The average molecular weight is 373 g/mol. The normalized spacial score (nSPS) is 21.0. The molecule has 0 radical (unpaired) electrons. The summed E-state index contributed by atoms with van der Waals surface area (Å²) in [5, 5.41) is 12.5. The van der Waals surface area contributed by atoms with Gasteiger partial charge in [-0.05, 0) is 44.9 Å². The highest BCUT2D eigenvalue weighted by Gasteiger charge is 2.38. The number of hydrogen-bond donors (Lipinski definition) is 2. The van der Waals surface area contributed by atoms with E-state index in [1.165, 1.54) is 12.1 Å². The first-order chi connectivity index (χ1) is 12.8. The Bertz CT molecular complexity index is 726. The highest BCUT2D eigenvalue weighted by molar-refractivity contribution is 5.94.